The number of halogens is 2. The van der Waals surface area contributed by atoms with Crippen LogP contribution in [0, 0.1) is 5.82 Å². The molecule has 2 N–H and O–H groups in total. The van der Waals surface area contributed by atoms with Crippen LogP contribution in [0.3, 0.4) is 0 Å². The third-order valence-electron chi connectivity index (χ3n) is 5.15. The van der Waals surface area contributed by atoms with Gasteiger partial charge in [-0.3, -0.25) is 4.79 Å². The molecule has 128 valence electrons. The van der Waals surface area contributed by atoms with E-state index < -0.39 is 5.41 Å². The van der Waals surface area contributed by atoms with E-state index in [4.69, 9.17) is 0 Å². The van der Waals surface area contributed by atoms with E-state index in [2.05, 4.69) is 10.6 Å². The zero-order valence-corrected chi connectivity index (χ0v) is 14.3. The molecular weight excluding hydrogens is 315 g/mol. The maximum Gasteiger partial charge on any atom is 0.230 e. The minimum Gasteiger partial charge on any atom is -0.351 e. The van der Waals surface area contributed by atoms with Gasteiger partial charge in [-0.15, -0.1) is 12.4 Å². The molecule has 0 unspecified atom stereocenters. The van der Waals surface area contributed by atoms with Gasteiger partial charge in [0.25, 0.3) is 0 Å². The fraction of sp³-hybridized carbons (Fsp3) is 0.611. The number of hydrogen-bond acceptors (Lipinski definition) is 2. The average molecular weight is 341 g/mol. The normalized spacial score (nSPS) is 23.6. The molecule has 0 radical (unpaired) electrons. The Labute approximate surface area is 143 Å². The summed E-state index contributed by atoms with van der Waals surface area (Å²) in [6, 6.07) is 6.82. The number of benzene rings is 1. The van der Waals surface area contributed by atoms with Crippen LogP contribution in [0.1, 0.15) is 50.5 Å². The lowest BCUT2D eigenvalue weighted by Gasteiger charge is -2.38. The van der Waals surface area contributed by atoms with Gasteiger partial charge < -0.3 is 10.6 Å². The topological polar surface area (TPSA) is 41.1 Å². The molecular formula is C18H26ClFN2O. The third kappa shape index (κ3) is 4.04. The average Bonchev–Trinajstić information content (AvgIpc) is 2.56. The summed E-state index contributed by atoms with van der Waals surface area (Å²) < 4.78 is 13.7. The Morgan fingerprint density at radius 1 is 1.22 bits per heavy atom. The molecule has 1 atom stereocenters. The van der Waals surface area contributed by atoms with Gasteiger partial charge in [0.15, 0.2) is 0 Å². The van der Waals surface area contributed by atoms with E-state index >= 15 is 0 Å². The zero-order valence-electron chi connectivity index (χ0n) is 13.4. The first kappa shape index (κ1) is 18.2. The Hall–Kier alpha value is -1.13. The van der Waals surface area contributed by atoms with Crippen molar-refractivity contribution in [3.05, 3.63) is 35.6 Å². The van der Waals surface area contributed by atoms with Crippen molar-refractivity contribution < 1.29 is 9.18 Å². The molecule has 1 aliphatic carbocycles. The Morgan fingerprint density at radius 2 is 2.00 bits per heavy atom. The number of piperidine rings is 1. The molecule has 1 aliphatic heterocycles. The fourth-order valence-electron chi connectivity index (χ4n) is 3.89. The molecule has 2 fully saturated rings. The van der Waals surface area contributed by atoms with Gasteiger partial charge in [0.05, 0.1) is 5.41 Å². The van der Waals surface area contributed by atoms with Crippen molar-refractivity contribution in [2.24, 2.45) is 0 Å². The molecule has 23 heavy (non-hydrogen) atoms. The van der Waals surface area contributed by atoms with E-state index in [0.717, 1.165) is 63.6 Å². The van der Waals surface area contributed by atoms with Crippen LogP contribution in [0.2, 0.25) is 0 Å². The smallest absolute Gasteiger partial charge is 0.230 e. The van der Waals surface area contributed by atoms with Gasteiger partial charge in [-0.1, -0.05) is 31.4 Å². The summed E-state index contributed by atoms with van der Waals surface area (Å²) in [7, 11) is 0. The first-order valence-electron chi connectivity index (χ1n) is 8.48. The summed E-state index contributed by atoms with van der Waals surface area (Å²) in [6.45, 7) is 1.87. The Balaban J connectivity index is 0.00000192. The quantitative estimate of drug-likeness (QED) is 0.886. The third-order valence-corrected chi connectivity index (χ3v) is 5.15. The molecule has 1 aromatic carbocycles. The van der Waals surface area contributed by atoms with E-state index in [1.807, 2.05) is 6.07 Å². The molecule has 2 aliphatic rings. The maximum absolute atomic E-state index is 13.7. The number of carbonyl (C=O) groups excluding carboxylic acids is 1. The van der Waals surface area contributed by atoms with Gasteiger partial charge >= 0.3 is 0 Å². The second-order valence-electron chi connectivity index (χ2n) is 6.67. The van der Waals surface area contributed by atoms with Gasteiger partial charge in [-0.2, -0.15) is 0 Å². The fourth-order valence-corrected chi connectivity index (χ4v) is 3.89. The summed E-state index contributed by atoms with van der Waals surface area (Å²) in [5.41, 5.74) is 0.297. The van der Waals surface area contributed by atoms with Crippen molar-refractivity contribution in [3.8, 4) is 0 Å². The summed E-state index contributed by atoms with van der Waals surface area (Å²) in [5.74, 6) is -0.166. The molecule has 0 aromatic heterocycles. The van der Waals surface area contributed by atoms with Gasteiger partial charge in [-0.25, -0.2) is 4.39 Å². The second-order valence-corrected chi connectivity index (χ2v) is 6.67. The van der Waals surface area contributed by atoms with Crippen LogP contribution in [0.15, 0.2) is 24.3 Å². The molecule has 0 bridgehead atoms. The van der Waals surface area contributed by atoms with Gasteiger partial charge in [0, 0.05) is 12.6 Å². The Bertz CT molecular complexity index is 526. The van der Waals surface area contributed by atoms with E-state index in [0.29, 0.717) is 0 Å². The standard InChI is InChI=1S/C18H25FN2O.ClH/c19-15-7-4-6-14(12-15)18(9-2-1-3-10-18)17(22)21-16-8-5-11-20-13-16;/h4,6-7,12,16,20H,1-3,5,8-11,13H2,(H,21,22);1H/t16-;/m0./s1. The van der Waals surface area contributed by atoms with Gasteiger partial charge in [0.2, 0.25) is 5.91 Å². The minimum atomic E-state index is -0.544. The molecule has 3 rings (SSSR count). The molecule has 5 heteroatoms. The van der Waals surface area contributed by atoms with Crippen molar-refractivity contribution in [1.29, 1.82) is 0 Å². The van der Waals surface area contributed by atoms with Crippen molar-refractivity contribution >= 4 is 18.3 Å². The molecule has 1 saturated carbocycles. The van der Waals surface area contributed by atoms with Crippen LogP contribution in [0.25, 0.3) is 0 Å². The Kier molecular flexibility index (Phi) is 6.42. The van der Waals surface area contributed by atoms with Crippen LogP contribution < -0.4 is 10.6 Å². The molecule has 0 spiro atoms. The van der Waals surface area contributed by atoms with Crippen LogP contribution >= 0.6 is 12.4 Å². The van der Waals surface area contributed by atoms with Crippen LogP contribution in [-0.4, -0.2) is 25.0 Å². The molecule has 1 amide bonds. The first-order chi connectivity index (χ1) is 10.7. The zero-order chi connectivity index (χ0) is 15.4. The van der Waals surface area contributed by atoms with Crippen LogP contribution in [0.4, 0.5) is 4.39 Å². The molecule has 1 aromatic rings. The Morgan fingerprint density at radius 3 is 2.65 bits per heavy atom. The summed E-state index contributed by atoms with van der Waals surface area (Å²) >= 11 is 0. The SMILES string of the molecule is Cl.O=C(N[C@H]1CCCNC1)C1(c2cccc(F)c2)CCCCC1. The number of carbonyl (C=O) groups is 1. The van der Waals surface area contributed by atoms with Gasteiger partial charge in [0.1, 0.15) is 5.82 Å². The first-order valence-corrected chi connectivity index (χ1v) is 8.48. The highest BCUT2D eigenvalue weighted by Gasteiger charge is 2.41. The highest BCUT2D eigenvalue weighted by atomic mass is 35.5. The molecule has 1 saturated heterocycles. The lowest BCUT2D eigenvalue weighted by atomic mass is 9.68. The highest BCUT2D eigenvalue weighted by Crippen LogP contribution is 2.40. The van der Waals surface area contributed by atoms with E-state index in [-0.39, 0.29) is 30.2 Å². The summed E-state index contributed by atoms with van der Waals surface area (Å²) in [6.07, 6.45) is 7.00. The minimum absolute atomic E-state index is 0. The predicted molar refractivity (Wildman–Crippen MR) is 92.4 cm³/mol. The molecule has 1 heterocycles. The van der Waals surface area contributed by atoms with E-state index in [9.17, 15) is 9.18 Å². The molecule has 3 nitrogen and oxygen atoms in total. The predicted octanol–water partition coefficient (Wildman–Crippen LogP) is 3.32. The second kappa shape index (κ2) is 8.11. The van der Waals surface area contributed by atoms with Crippen LogP contribution in [-0.2, 0) is 10.2 Å². The monoisotopic (exact) mass is 340 g/mol. The summed E-state index contributed by atoms with van der Waals surface area (Å²) in [5, 5.41) is 6.55. The largest absolute Gasteiger partial charge is 0.351 e. The van der Waals surface area contributed by atoms with E-state index in [1.165, 1.54) is 6.07 Å². The van der Waals surface area contributed by atoms with Crippen molar-refractivity contribution in [1.82, 2.24) is 10.6 Å². The lowest BCUT2D eigenvalue weighted by molar-refractivity contribution is -0.129. The van der Waals surface area contributed by atoms with Crippen molar-refractivity contribution in [2.75, 3.05) is 13.1 Å². The lowest BCUT2D eigenvalue weighted by Crippen LogP contribution is -2.53. The number of rotatable bonds is 3. The maximum atomic E-state index is 13.7. The van der Waals surface area contributed by atoms with Crippen molar-refractivity contribution in [2.45, 2.75) is 56.4 Å². The number of hydrogen-bond donors (Lipinski definition) is 2. The number of amides is 1. The van der Waals surface area contributed by atoms with Gasteiger partial charge in [-0.05, 0) is 49.9 Å². The van der Waals surface area contributed by atoms with Crippen LogP contribution in [0.5, 0.6) is 0 Å². The van der Waals surface area contributed by atoms with Crippen molar-refractivity contribution in [3.63, 3.8) is 0 Å². The van der Waals surface area contributed by atoms with E-state index in [1.54, 1.807) is 12.1 Å². The summed E-state index contributed by atoms with van der Waals surface area (Å²) in [4.78, 5) is 13.0. The number of nitrogens with one attached hydrogen (secondary N) is 2. The highest BCUT2D eigenvalue weighted by molar-refractivity contribution is 5.88.